The van der Waals surface area contributed by atoms with Gasteiger partial charge in [-0.15, -0.1) is 0 Å². The molecule has 3 aromatic rings. The van der Waals surface area contributed by atoms with Gasteiger partial charge in [-0.1, -0.05) is 18.5 Å². The Bertz CT molecular complexity index is 1320. The number of anilines is 1. The lowest BCUT2D eigenvalue weighted by molar-refractivity contribution is 0.0919. The summed E-state index contributed by atoms with van der Waals surface area (Å²) < 4.78 is 23.5. The molecule has 38 heavy (non-hydrogen) atoms. The zero-order valence-corrected chi connectivity index (χ0v) is 23.8. The number of amides is 1. The van der Waals surface area contributed by atoms with E-state index in [0.29, 0.717) is 41.2 Å². The van der Waals surface area contributed by atoms with Gasteiger partial charge in [0, 0.05) is 36.5 Å². The third kappa shape index (κ3) is 5.59. The van der Waals surface area contributed by atoms with E-state index in [9.17, 15) is 4.79 Å². The Kier molecular flexibility index (Phi) is 8.47. The first kappa shape index (κ1) is 28.1. The fourth-order valence-electron chi connectivity index (χ4n) is 5.23. The number of fused-ring (bicyclic) bond motifs is 1. The molecule has 8 nitrogen and oxygen atoms in total. The van der Waals surface area contributed by atoms with Gasteiger partial charge < -0.3 is 20.7 Å². The van der Waals surface area contributed by atoms with Gasteiger partial charge in [0.1, 0.15) is 28.5 Å². The number of nitrogens with zero attached hydrogens (tertiary/aromatic N) is 4. The highest BCUT2D eigenvalue weighted by Crippen LogP contribution is 2.40. The molecule has 1 atom stereocenters. The van der Waals surface area contributed by atoms with Crippen molar-refractivity contribution >= 4 is 28.8 Å². The van der Waals surface area contributed by atoms with E-state index in [4.69, 9.17) is 27.1 Å². The molecule has 0 bridgehead atoms. The van der Waals surface area contributed by atoms with Gasteiger partial charge in [0.25, 0.3) is 5.91 Å². The van der Waals surface area contributed by atoms with Crippen LogP contribution in [0.3, 0.4) is 0 Å². The molecule has 1 aliphatic heterocycles. The van der Waals surface area contributed by atoms with Crippen molar-refractivity contribution < 1.29 is 13.9 Å². The maximum absolute atomic E-state index is 15.5. The number of carbonyl (C=O) groups excluding carboxylic acids is 1. The van der Waals surface area contributed by atoms with Crippen LogP contribution in [0.15, 0.2) is 18.5 Å². The Labute approximate surface area is 228 Å². The number of piperidine rings is 1. The summed E-state index contributed by atoms with van der Waals surface area (Å²) in [5.41, 5.74) is 7.93. The van der Waals surface area contributed by atoms with Crippen LogP contribution in [-0.4, -0.2) is 57.0 Å². The van der Waals surface area contributed by atoms with Crippen molar-refractivity contribution in [3.8, 4) is 5.75 Å². The average molecular weight is 545 g/mol. The first-order chi connectivity index (χ1) is 18.0. The predicted octanol–water partition coefficient (Wildman–Crippen LogP) is 5.20. The predicted molar refractivity (Wildman–Crippen MR) is 149 cm³/mol. The third-order valence-electron chi connectivity index (χ3n) is 7.35. The van der Waals surface area contributed by atoms with Crippen LogP contribution < -0.4 is 15.8 Å². The van der Waals surface area contributed by atoms with E-state index < -0.39 is 17.6 Å². The smallest absolute Gasteiger partial charge is 0.258 e. The largest absolute Gasteiger partial charge is 0.490 e. The summed E-state index contributed by atoms with van der Waals surface area (Å²) in [6.45, 7) is 14.3. The van der Waals surface area contributed by atoms with Crippen LogP contribution in [0.4, 0.5) is 10.2 Å². The number of rotatable bonds is 8. The lowest BCUT2D eigenvalue weighted by Crippen LogP contribution is -2.41. The molecule has 0 saturated carbocycles. The second-order valence-corrected chi connectivity index (χ2v) is 11.1. The zero-order valence-electron chi connectivity index (χ0n) is 23.0. The molecular weight excluding hydrogens is 507 g/mol. The van der Waals surface area contributed by atoms with Gasteiger partial charge in [-0.05, 0) is 72.5 Å². The Morgan fingerprint density at radius 2 is 1.95 bits per heavy atom. The minimum atomic E-state index is -0.789. The molecule has 1 saturated heterocycles. The summed E-state index contributed by atoms with van der Waals surface area (Å²) in [6.07, 6.45) is 5.06. The van der Waals surface area contributed by atoms with Crippen molar-refractivity contribution in [2.24, 2.45) is 5.92 Å². The van der Waals surface area contributed by atoms with E-state index in [2.05, 4.69) is 29.0 Å². The molecule has 10 heteroatoms. The molecule has 1 unspecified atom stereocenters. The van der Waals surface area contributed by atoms with Crippen molar-refractivity contribution in [1.29, 1.82) is 0 Å². The summed E-state index contributed by atoms with van der Waals surface area (Å²) in [7, 11) is 0. The number of aryl methyl sites for hydroxylation is 1. The molecule has 1 aromatic carbocycles. The number of nitrogens with one attached hydrogen (secondary N) is 1. The van der Waals surface area contributed by atoms with Gasteiger partial charge >= 0.3 is 0 Å². The van der Waals surface area contributed by atoms with Crippen molar-refractivity contribution in [3.63, 3.8) is 0 Å². The van der Waals surface area contributed by atoms with Crippen molar-refractivity contribution in [2.45, 2.75) is 72.4 Å². The van der Waals surface area contributed by atoms with Gasteiger partial charge in [0.2, 0.25) is 0 Å². The number of ether oxygens (including phenoxy) is 1. The van der Waals surface area contributed by atoms with Gasteiger partial charge in [0.05, 0.1) is 16.8 Å². The van der Waals surface area contributed by atoms with Crippen LogP contribution in [0.2, 0.25) is 5.02 Å². The van der Waals surface area contributed by atoms with Crippen LogP contribution in [0.5, 0.6) is 5.75 Å². The van der Waals surface area contributed by atoms with Crippen LogP contribution >= 0.6 is 11.6 Å². The van der Waals surface area contributed by atoms with Crippen molar-refractivity contribution in [2.75, 3.05) is 25.4 Å². The number of benzene rings is 1. The highest BCUT2D eigenvalue weighted by Gasteiger charge is 2.30. The van der Waals surface area contributed by atoms with Crippen molar-refractivity contribution in [3.05, 3.63) is 51.9 Å². The van der Waals surface area contributed by atoms with Gasteiger partial charge in [0.15, 0.2) is 5.82 Å². The second kappa shape index (κ2) is 11.5. The number of likely N-dealkylation sites (tertiary alicyclic amines) is 1. The molecule has 1 aliphatic rings. The van der Waals surface area contributed by atoms with E-state index in [-0.39, 0.29) is 22.4 Å². The second-order valence-electron chi connectivity index (χ2n) is 10.7. The minimum Gasteiger partial charge on any atom is -0.490 e. The maximum atomic E-state index is 15.5. The molecule has 3 heterocycles. The normalized spacial score (nSPS) is 15.9. The molecule has 1 fully saturated rings. The SMILES string of the molecule is Cc1nc(C(C)c2cc(Cl)c(F)c(C(=O)NCC3CCN(C(C)C)CC3)c2OC(C)C)n2ccnc(N)c12. The summed E-state index contributed by atoms with van der Waals surface area (Å²) in [5, 5.41) is 2.82. The van der Waals surface area contributed by atoms with E-state index in [1.165, 1.54) is 6.07 Å². The Morgan fingerprint density at radius 3 is 2.58 bits per heavy atom. The molecule has 206 valence electrons. The van der Waals surface area contributed by atoms with E-state index in [1.54, 1.807) is 12.4 Å². The lowest BCUT2D eigenvalue weighted by Gasteiger charge is -2.34. The number of nitrogens with two attached hydrogens (primary N) is 1. The number of halogens is 2. The fourth-order valence-corrected chi connectivity index (χ4v) is 5.44. The summed E-state index contributed by atoms with van der Waals surface area (Å²) in [6, 6.07) is 2.03. The average Bonchev–Trinajstić information content (AvgIpc) is 3.21. The monoisotopic (exact) mass is 544 g/mol. The van der Waals surface area contributed by atoms with Gasteiger partial charge in [-0.25, -0.2) is 14.4 Å². The van der Waals surface area contributed by atoms with Crippen LogP contribution in [0.1, 0.15) is 80.8 Å². The van der Waals surface area contributed by atoms with E-state index in [0.717, 1.165) is 31.6 Å². The molecule has 1 amide bonds. The zero-order chi connectivity index (χ0) is 27.7. The molecule has 4 rings (SSSR count). The number of carbonyl (C=O) groups is 1. The first-order valence-electron chi connectivity index (χ1n) is 13.3. The van der Waals surface area contributed by atoms with Gasteiger partial charge in [-0.2, -0.15) is 0 Å². The topological polar surface area (TPSA) is 97.8 Å². The van der Waals surface area contributed by atoms with Crippen LogP contribution in [0.25, 0.3) is 5.52 Å². The first-order valence-corrected chi connectivity index (χ1v) is 13.7. The van der Waals surface area contributed by atoms with Crippen LogP contribution in [0, 0.1) is 18.7 Å². The number of hydrogen-bond donors (Lipinski definition) is 2. The number of aromatic nitrogens is 3. The van der Waals surface area contributed by atoms with Crippen LogP contribution in [-0.2, 0) is 0 Å². The number of nitrogen functional groups attached to an aromatic ring is 1. The maximum Gasteiger partial charge on any atom is 0.258 e. The highest BCUT2D eigenvalue weighted by molar-refractivity contribution is 6.31. The third-order valence-corrected chi connectivity index (χ3v) is 7.63. The molecule has 3 N–H and O–H groups in total. The molecule has 2 aromatic heterocycles. The van der Waals surface area contributed by atoms with Crippen molar-refractivity contribution in [1.82, 2.24) is 24.6 Å². The van der Waals surface area contributed by atoms with Gasteiger partial charge in [-0.3, -0.25) is 9.20 Å². The van der Waals surface area contributed by atoms with E-state index in [1.807, 2.05) is 32.1 Å². The fraction of sp³-hybridized carbons (Fsp3) is 0.536. The van der Waals surface area contributed by atoms with E-state index >= 15 is 4.39 Å². The Hall–Kier alpha value is -2.91. The Morgan fingerprint density at radius 1 is 1.26 bits per heavy atom. The molecule has 0 spiro atoms. The summed E-state index contributed by atoms with van der Waals surface area (Å²) in [4.78, 5) is 24.8. The number of imidazole rings is 1. The standard InChI is InChI=1S/C28H38ClFN6O2/c1-15(2)35-10-7-19(8-11-35)14-33-28(37)22-23(30)21(29)13-20(25(22)38-16(3)4)17(5)27-34-18(6)24-26(31)32-9-12-36(24)27/h9,12-13,15-17,19H,7-8,10-11,14H2,1-6H3,(H2,31,32)(H,33,37). The lowest BCUT2D eigenvalue weighted by atomic mass is 9.94. The summed E-state index contributed by atoms with van der Waals surface area (Å²) >= 11 is 6.37. The number of hydrogen-bond acceptors (Lipinski definition) is 6. The molecule has 0 aliphatic carbocycles. The Balaban J connectivity index is 1.68. The molecular formula is C28H38ClFN6O2. The molecule has 0 radical (unpaired) electrons. The minimum absolute atomic E-state index is 0.142. The highest BCUT2D eigenvalue weighted by atomic mass is 35.5. The quantitative estimate of drug-likeness (QED) is 0.404. The summed E-state index contributed by atoms with van der Waals surface area (Å²) in [5.74, 6) is -0.171.